The standard InChI is InChI=1S/C29H33FN6O5.C28H27FN8O4S.Li/c1-29(2,3)41-28(40)33-9-6-17(7-10-33)18-13-32-36(14-18)19-11-20-21(22(30)12-19)15-35(26(20)37)25(27(38)39)24-23-5-4-8-34(23)16-31-24;29-21-11-18(37-13-17(12-32-37)16-3-7-34(8-4-16)28(40)41)10-19-20(21)14-36(26(19)39)24(25(38)33-27-30-5-9-42-27)23-22-2-1-6-35(22)15-31-23;/h11-14,16-17,25H,4-10,15H2,1-3H3,(H,38,39);5,9-13,15-16,24H,1-4,6-8,14H2,(H,40,41)(H,30,33,38);/q;;+1/p-1. The average molecular weight is 1160 g/mol. The fourth-order valence-corrected chi connectivity index (χ4v) is 12.8. The molecule has 2 N–H and O–H groups in total. The van der Waals surface area contributed by atoms with Crippen LogP contribution in [0.3, 0.4) is 0 Å². The van der Waals surface area contributed by atoms with E-state index in [0.717, 1.165) is 72.6 Å². The van der Waals surface area contributed by atoms with Gasteiger partial charge in [0, 0.05) is 96.9 Å². The molecule has 2 atom stereocenters. The molecule has 7 aromatic rings. The number of amides is 5. The van der Waals surface area contributed by atoms with Crippen molar-refractivity contribution in [1.29, 1.82) is 0 Å². The van der Waals surface area contributed by atoms with E-state index in [0.29, 0.717) is 67.6 Å². The second kappa shape index (κ2) is 23.1. The Balaban J connectivity index is 0.000000173. The van der Waals surface area contributed by atoms with Crippen LogP contribution in [0.4, 0.5) is 23.5 Å². The van der Waals surface area contributed by atoms with Crippen molar-refractivity contribution in [1.82, 2.24) is 63.2 Å². The maximum Gasteiger partial charge on any atom is 1.00 e. The summed E-state index contributed by atoms with van der Waals surface area (Å²) in [5.41, 5.74) is 5.17. The quantitative estimate of drug-likeness (QED) is 0.176. The zero-order valence-corrected chi connectivity index (χ0v) is 47.6. The molecule has 0 aliphatic carbocycles. The van der Waals surface area contributed by atoms with E-state index in [1.807, 2.05) is 36.1 Å². The molecule has 0 spiro atoms. The largest absolute Gasteiger partial charge is 1.00 e. The van der Waals surface area contributed by atoms with Crippen LogP contribution < -0.4 is 29.3 Å². The van der Waals surface area contributed by atoms with Crippen LogP contribution in [0.2, 0.25) is 0 Å². The number of carbonyl (C=O) groups excluding carboxylic acids is 5. The molecule has 2 fully saturated rings. The van der Waals surface area contributed by atoms with E-state index < -0.39 is 59.1 Å². The number of anilines is 1. The third-order valence-electron chi connectivity index (χ3n) is 16.4. The molecule has 432 valence electrons. The Labute approximate surface area is 496 Å². The number of carboxylic acids is 1. The van der Waals surface area contributed by atoms with E-state index in [9.17, 15) is 39.0 Å². The number of hydrogen-bond acceptors (Lipinski definition) is 14. The Bertz CT molecular complexity index is 3710. The molecular formula is C57H59F2LiN14O9S. The number of nitrogens with zero attached hydrogens (tertiary/aromatic N) is 13. The van der Waals surface area contributed by atoms with Crippen molar-refractivity contribution in [2.75, 3.05) is 31.5 Å². The number of benzene rings is 2. The summed E-state index contributed by atoms with van der Waals surface area (Å²) < 4.78 is 43.3. The van der Waals surface area contributed by atoms with Gasteiger partial charge in [0.05, 0.1) is 66.9 Å². The van der Waals surface area contributed by atoms with Crippen LogP contribution in [-0.4, -0.2) is 136 Å². The summed E-state index contributed by atoms with van der Waals surface area (Å²) in [6.07, 6.45) is 16.6. The first-order valence-electron chi connectivity index (χ1n) is 27.7. The number of carbonyl (C=O) groups is 6. The zero-order valence-electron chi connectivity index (χ0n) is 46.7. The zero-order chi connectivity index (χ0) is 58.0. The van der Waals surface area contributed by atoms with Crippen LogP contribution in [0.25, 0.3) is 11.4 Å². The van der Waals surface area contributed by atoms with Crippen LogP contribution in [0.5, 0.6) is 0 Å². The second-order valence-electron chi connectivity index (χ2n) is 22.7. The van der Waals surface area contributed by atoms with Crippen LogP contribution in [-0.2, 0) is 53.3 Å². The van der Waals surface area contributed by atoms with Gasteiger partial charge >= 0.3 is 31.0 Å². The number of aryl methyl sites for hydroxylation is 2. The summed E-state index contributed by atoms with van der Waals surface area (Å²) in [6, 6.07) is 3.34. The molecule has 5 aromatic heterocycles. The molecule has 84 heavy (non-hydrogen) atoms. The van der Waals surface area contributed by atoms with Crippen molar-refractivity contribution in [2.45, 2.75) is 128 Å². The van der Waals surface area contributed by atoms with E-state index >= 15 is 8.78 Å². The van der Waals surface area contributed by atoms with Gasteiger partial charge in [-0.15, -0.1) is 11.3 Å². The SMILES string of the molecule is CC(C)(C)OC(=O)N1CCC(c2cnn(-c3cc(F)c4c(c3)C(=O)N(C(C(=O)[O-])c3ncn5c3CCC5)C4)c2)CC1.O=C(Nc1nccs1)C(c1ncn2c1CCC2)N1Cc2c(F)cc(-n3cc(C4CCN(C(=O)O)CC4)cn3)cc2C1=O.[Li+]. The molecule has 2 unspecified atom stereocenters. The average Bonchev–Trinajstić information content (AvgIpc) is 2.83. The minimum absolute atomic E-state index is 0. The van der Waals surface area contributed by atoms with Crippen LogP contribution in [0.15, 0.2) is 73.3 Å². The number of piperidine rings is 2. The smallest absolute Gasteiger partial charge is 0.547 e. The van der Waals surface area contributed by atoms with E-state index in [4.69, 9.17) is 4.74 Å². The van der Waals surface area contributed by atoms with Gasteiger partial charge in [-0.1, -0.05) is 0 Å². The normalized spacial score (nSPS) is 17.5. The number of likely N-dealkylation sites (tertiary alicyclic amines) is 2. The number of aromatic nitrogens is 9. The molecule has 13 rings (SSSR count). The van der Waals surface area contributed by atoms with E-state index in [1.165, 1.54) is 42.6 Å². The summed E-state index contributed by atoms with van der Waals surface area (Å²) in [4.78, 5) is 95.4. The summed E-state index contributed by atoms with van der Waals surface area (Å²) >= 11 is 1.27. The Morgan fingerprint density at radius 1 is 0.714 bits per heavy atom. The third-order valence-corrected chi connectivity index (χ3v) is 17.1. The Morgan fingerprint density at radius 2 is 1.20 bits per heavy atom. The summed E-state index contributed by atoms with van der Waals surface area (Å²) in [7, 11) is 0. The molecule has 6 aliphatic rings. The number of nitrogens with one attached hydrogen (secondary N) is 1. The summed E-state index contributed by atoms with van der Waals surface area (Å²) in [5.74, 6) is -3.81. The topological polar surface area (TPSA) is 264 Å². The molecule has 5 amide bonds. The van der Waals surface area contributed by atoms with E-state index in [-0.39, 0.29) is 77.8 Å². The van der Waals surface area contributed by atoms with Gasteiger partial charge in [-0.05, 0) is 119 Å². The fourth-order valence-electron chi connectivity index (χ4n) is 12.3. The molecule has 0 saturated carbocycles. The maximum atomic E-state index is 15.6. The Morgan fingerprint density at radius 3 is 1.67 bits per heavy atom. The van der Waals surface area contributed by atoms with E-state index in [1.54, 1.807) is 59.9 Å². The van der Waals surface area contributed by atoms with Gasteiger partial charge in [-0.25, -0.2) is 42.7 Å². The van der Waals surface area contributed by atoms with Gasteiger partial charge in [0.2, 0.25) is 0 Å². The molecule has 6 aliphatic heterocycles. The van der Waals surface area contributed by atoms with Gasteiger partial charge in [0.15, 0.2) is 11.2 Å². The number of imidazole rings is 2. The number of thiazole rings is 1. The number of fused-ring (bicyclic) bond motifs is 4. The first-order valence-corrected chi connectivity index (χ1v) is 28.6. The predicted molar refractivity (Wildman–Crippen MR) is 290 cm³/mol. The summed E-state index contributed by atoms with van der Waals surface area (Å²) in [5, 5.41) is 35.3. The number of hydrogen-bond donors (Lipinski definition) is 2. The molecule has 0 radical (unpaired) electrons. The first kappa shape index (κ1) is 57.6. The number of rotatable bonds is 11. The molecule has 2 aromatic carbocycles. The second-order valence-corrected chi connectivity index (χ2v) is 23.6. The molecule has 27 heteroatoms. The molecule has 0 bridgehead atoms. The van der Waals surface area contributed by atoms with Crippen molar-refractivity contribution < 1.29 is 71.4 Å². The van der Waals surface area contributed by atoms with Crippen LogP contribution >= 0.6 is 11.3 Å². The number of halogens is 2. The maximum absolute atomic E-state index is 15.6. The van der Waals surface area contributed by atoms with Gasteiger partial charge < -0.3 is 48.5 Å². The fraction of sp³-hybridized carbons (Fsp3) is 0.421. The predicted octanol–water partition coefficient (Wildman–Crippen LogP) is 3.52. The number of carboxylic acid groups (broad SMARTS) is 2. The molecular weight excluding hydrogens is 1100 g/mol. The number of aliphatic carboxylic acids is 1. The van der Waals surface area contributed by atoms with E-state index in [2.05, 4.69) is 30.5 Å². The monoisotopic (exact) mass is 1160 g/mol. The van der Waals surface area contributed by atoms with Crippen molar-refractivity contribution in [3.8, 4) is 11.4 Å². The molecule has 11 heterocycles. The summed E-state index contributed by atoms with van der Waals surface area (Å²) in [6.45, 7) is 8.79. The minimum Gasteiger partial charge on any atom is -0.547 e. The van der Waals surface area contributed by atoms with Crippen molar-refractivity contribution in [2.24, 2.45) is 0 Å². The number of ether oxygens (including phenoxy) is 1. The van der Waals surface area contributed by atoms with Crippen LogP contribution in [0.1, 0.15) is 149 Å². The van der Waals surface area contributed by atoms with Gasteiger partial charge in [0.1, 0.15) is 23.3 Å². The Hall–Kier alpha value is -8.21. The minimum atomic E-state index is -1.45. The van der Waals surface area contributed by atoms with Crippen molar-refractivity contribution in [3.63, 3.8) is 0 Å². The Kier molecular flexibility index (Phi) is 15.8. The van der Waals surface area contributed by atoms with Gasteiger partial charge in [-0.3, -0.25) is 19.7 Å². The van der Waals surface area contributed by atoms with Crippen molar-refractivity contribution >= 4 is 52.3 Å². The van der Waals surface area contributed by atoms with Gasteiger partial charge in [-0.2, -0.15) is 10.2 Å². The van der Waals surface area contributed by atoms with Crippen LogP contribution in [0, 0.1) is 11.6 Å². The third kappa shape index (κ3) is 11.1. The van der Waals surface area contributed by atoms with Gasteiger partial charge in [0.25, 0.3) is 17.7 Å². The molecule has 2 saturated heterocycles. The molecule has 23 nitrogen and oxygen atoms in total. The first-order chi connectivity index (χ1) is 39.9. The van der Waals surface area contributed by atoms with Crippen molar-refractivity contribution in [3.05, 3.63) is 141 Å².